The summed E-state index contributed by atoms with van der Waals surface area (Å²) < 4.78 is 2.50. The van der Waals surface area contributed by atoms with Crippen LogP contribution in [0.3, 0.4) is 0 Å². The van der Waals surface area contributed by atoms with Crippen molar-refractivity contribution in [3.63, 3.8) is 0 Å². The molecule has 3 heteroatoms. The van der Waals surface area contributed by atoms with E-state index in [4.69, 9.17) is 5.73 Å². The Balaban J connectivity index is 1.98. The van der Waals surface area contributed by atoms with Crippen LogP contribution in [0.1, 0.15) is 38.8 Å². The Morgan fingerprint density at radius 3 is 2.50 bits per heavy atom. The van der Waals surface area contributed by atoms with E-state index in [0.717, 1.165) is 19.5 Å². The van der Waals surface area contributed by atoms with Crippen molar-refractivity contribution in [1.29, 1.82) is 0 Å². The molecule has 24 heavy (non-hydrogen) atoms. The molecule has 0 bridgehead atoms. The molecular weight excluding hydrogens is 294 g/mol. The Kier molecular flexibility index (Phi) is 3.66. The zero-order valence-corrected chi connectivity index (χ0v) is 14.8. The third-order valence-corrected chi connectivity index (χ3v) is 5.30. The Bertz CT molecular complexity index is 885. The van der Waals surface area contributed by atoms with Gasteiger partial charge in [-0.25, -0.2) is 0 Å². The summed E-state index contributed by atoms with van der Waals surface area (Å²) in [5.41, 5.74) is 10.4. The lowest BCUT2D eigenvalue weighted by atomic mass is 9.86. The van der Waals surface area contributed by atoms with Gasteiger partial charge >= 0.3 is 0 Å². The summed E-state index contributed by atoms with van der Waals surface area (Å²) in [6, 6.07) is 16.4. The summed E-state index contributed by atoms with van der Waals surface area (Å²) >= 11 is 0. The Labute approximate surface area is 143 Å². The van der Waals surface area contributed by atoms with Crippen molar-refractivity contribution in [3.05, 3.63) is 48.0 Å². The van der Waals surface area contributed by atoms with Crippen LogP contribution in [-0.2, 0) is 5.41 Å². The molecule has 3 N–H and O–H groups in total. The molecule has 2 heterocycles. The van der Waals surface area contributed by atoms with E-state index in [2.05, 4.69) is 73.1 Å². The SMILES string of the molecule is CC(C)(C)c1ccc2c(c1)c1ccccc1n2[C@@H]1CNC[C@H](N)C1. The maximum absolute atomic E-state index is 6.22. The van der Waals surface area contributed by atoms with Gasteiger partial charge < -0.3 is 15.6 Å². The molecule has 0 aliphatic carbocycles. The fraction of sp³-hybridized carbons (Fsp3) is 0.429. The fourth-order valence-corrected chi connectivity index (χ4v) is 4.01. The first-order valence-electron chi connectivity index (χ1n) is 8.94. The summed E-state index contributed by atoms with van der Waals surface area (Å²) in [7, 11) is 0. The number of rotatable bonds is 1. The van der Waals surface area contributed by atoms with Crippen LogP contribution in [0.2, 0.25) is 0 Å². The van der Waals surface area contributed by atoms with Gasteiger partial charge in [-0.1, -0.05) is 45.0 Å². The van der Waals surface area contributed by atoms with E-state index in [0.29, 0.717) is 6.04 Å². The monoisotopic (exact) mass is 321 g/mol. The molecule has 1 aliphatic heterocycles. The average molecular weight is 321 g/mol. The van der Waals surface area contributed by atoms with Gasteiger partial charge in [0, 0.05) is 47.0 Å². The summed E-state index contributed by atoms with van der Waals surface area (Å²) in [5, 5.41) is 6.20. The zero-order valence-electron chi connectivity index (χ0n) is 14.8. The molecule has 1 aliphatic rings. The van der Waals surface area contributed by atoms with Gasteiger partial charge in [-0.15, -0.1) is 0 Å². The maximum atomic E-state index is 6.22. The van der Waals surface area contributed by atoms with Crippen LogP contribution < -0.4 is 11.1 Å². The highest BCUT2D eigenvalue weighted by molar-refractivity contribution is 6.08. The second-order valence-electron chi connectivity index (χ2n) is 8.18. The summed E-state index contributed by atoms with van der Waals surface area (Å²) in [5.74, 6) is 0. The maximum Gasteiger partial charge on any atom is 0.0494 e. The van der Waals surface area contributed by atoms with E-state index in [9.17, 15) is 0 Å². The molecule has 0 spiro atoms. The number of hydrogen-bond acceptors (Lipinski definition) is 2. The van der Waals surface area contributed by atoms with Crippen LogP contribution in [0, 0.1) is 0 Å². The highest BCUT2D eigenvalue weighted by atomic mass is 15.1. The highest BCUT2D eigenvalue weighted by Crippen LogP contribution is 2.36. The van der Waals surface area contributed by atoms with Gasteiger partial charge in [0.1, 0.15) is 0 Å². The lowest BCUT2D eigenvalue weighted by Crippen LogP contribution is -2.44. The molecule has 126 valence electrons. The van der Waals surface area contributed by atoms with Crippen LogP contribution >= 0.6 is 0 Å². The molecule has 1 saturated heterocycles. The molecule has 1 aromatic heterocycles. The molecule has 1 fully saturated rings. The van der Waals surface area contributed by atoms with Crippen LogP contribution in [0.15, 0.2) is 42.5 Å². The van der Waals surface area contributed by atoms with Crippen molar-refractivity contribution < 1.29 is 0 Å². The van der Waals surface area contributed by atoms with E-state index < -0.39 is 0 Å². The number of nitrogens with zero attached hydrogens (tertiary/aromatic N) is 1. The number of benzene rings is 2. The average Bonchev–Trinajstić information content (AvgIpc) is 2.88. The predicted molar refractivity (Wildman–Crippen MR) is 103 cm³/mol. The summed E-state index contributed by atoms with van der Waals surface area (Å²) in [4.78, 5) is 0. The van der Waals surface area contributed by atoms with Crippen LogP contribution in [0.4, 0.5) is 0 Å². The number of fused-ring (bicyclic) bond motifs is 3. The second kappa shape index (κ2) is 5.61. The zero-order chi connectivity index (χ0) is 16.9. The molecule has 0 saturated carbocycles. The van der Waals surface area contributed by atoms with E-state index in [1.54, 1.807) is 0 Å². The van der Waals surface area contributed by atoms with Crippen LogP contribution in [0.25, 0.3) is 21.8 Å². The van der Waals surface area contributed by atoms with Gasteiger partial charge in [-0.3, -0.25) is 0 Å². The van der Waals surface area contributed by atoms with E-state index >= 15 is 0 Å². The molecule has 3 nitrogen and oxygen atoms in total. The summed E-state index contributed by atoms with van der Waals surface area (Å²) in [6.07, 6.45) is 1.03. The predicted octanol–water partition coefficient (Wildman–Crippen LogP) is 3.95. The number of piperidine rings is 1. The van der Waals surface area contributed by atoms with Gasteiger partial charge in [0.15, 0.2) is 0 Å². The first-order valence-corrected chi connectivity index (χ1v) is 8.94. The number of hydrogen-bond donors (Lipinski definition) is 2. The van der Waals surface area contributed by atoms with Crippen molar-refractivity contribution >= 4 is 21.8 Å². The van der Waals surface area contributed by atoms with Gasteiger partial charge in [0.05, 0.1) is 0 Å². The Morgan fingerprint density at radius 2 is 1.75 bits per heavy atom. The first-order chi connectivity index (χ1) is 11.4. The van der Waals surface area contributed by atoms with Gasteiger partial charge in [-0.2, -0.15) is 0 Å². The molecule has 0 unspecified atom stereocenters. The van der Waals surface area contributed by atoms with Gasteiger partial charge in [0.25, 0.3) is 0 Å². The molecule has 2 atom stereocenters. The van der Waals surface area contributed by atoms with Crippen molar-refractivity contribution in [2.75, 3.05) is 13.1 Å². The van der Waals surface area contributed by atoms with E-state index in [1.165, 1.54) is 27.4 Å². The minimum atomic E-state index is 0.159. The number of para-hydroxylation sites is 1. The van der Waals surface area contributed by atoms with Crippen LogP contribution in [-0.4, -0.2) is 23.7 Å². The molecular formula is C21H27N3. The highest BCUT2D eigenvalue weighted by Gasteiger charge is 2.24. The molecule has 2 aromatic carbocycles. The van der Waals surface area contributed by atoms with Gasteiger partial charge in [-0.05, 0) is 35.6 Å². The lowest BCUT2D eigenvalue weighted by Gasteiger charge is -2.30. The third-order valence-electron chi connectivity index (χ3n) is 5.30. The number of nitrogens with one attached hydrogen (secondary N) is 1. The third kappa shape index (κ3) is 2.52. The second-order valence-corrected chi connectivity index (χ2v) is 8.18. The first kappa shape index (κ1) is 15.7. The van der Waals surface area contributed by atoms with Crippen molar-refractivity contribution in [1.82, 2.24) is 9.88 Å². The lowest BCUT2D eigenvalue weighted by molar-refractivity contribution is 0.350. The number of aromatic nitrogens is 1. The van der Waals surface area contributed by atoms with Crippen LogP contribution in [0.5, 0.6) is 0 Å². The minimum absolute atomic E-state index is 0.159. The quantitative estimate of drug-likeness (QED) is 0.712. The molecule has 3 aromatic rings. The van der Waals surface area contributed by atoms with E-state index in [-0.39, 0.29) is 11.5 Å². The standard InChI is InChI=1S/C21H27N3/c1-21(2,3)14-8-9-20-18(10-14)17-6-4-5-7-19(17)24(20)16-11-15(22)12-23-13-16/h4-10,15-16,23H,11-13,22H2,1-3H3/t15-,16+/m1/s1. The molecule has 0 radical (unpaired) electrons. The minimum Gasteiger partial charge on any atom is -0.336 e. The van der Waals surface area contributed by atoms with E-state index in [1.807, 2.05) is 0 Å². The molecule has 4 rings (SSSR count). The smallest absolute Gasteiger partial charge is 0.0494 e. The fourth-order valence-electron chi connectivity index (χ4n) is 4.01. The van der Waals surface area contributed by atoms with Crippen molar-refractivity contribution in [2.45, 2.75) is 44.7 Å². The summed E-state index contributed by atoms with van der Waals surface area (Å²) in [6.45, 7) is 8.73. The normalized spacial score (nSPS) is 22.3. The van der Waals surface area contributed by atoms with Crippen molar-refractivity contribution in [2.24, 2.45) is 5.73 Å². The molecule has 0 amide bonds. The Hall–Kier alpha value is -1.84. The van der Waals surface area contributed by atoms with Gasteiger partial charge in [0.2, 0.25) is 0 Å². The number of nitrogens with two attached hydrogens (primary N) is 1. The largest absolute Gasteiger partial charge is 0.336 e. The van der Waals surface area contributed by atoms with Crippen molar-refractivity contribution in [3.8, 4) is 0 Å². The Morgan fingerprint density at radius 1 is 1.00 bits per heavy atom. The topological polar surface area (TPSA) is 43.0 Å².